The zero-order valence-electron chi connectivity index (χ0n) is 10.4. The van der Waals surface area contributed by atoms with Gasteiger partial charge >= 0.3 is 0 Å². The number of nitrogens with zero attached hydrogens (tertiary/aromatic N) is 2. The average Bonchev–Trinajstić information content (AvgIpc) is 2.87. The highest BCUT2D eigenvalue weighted by atomic mass is 15.1. The van der Waals surface area contributed by atoms with Crippen molar-refractivity contribution in [2.24, 2.45) is 0 Å². The van der Waals surface area contributed by atoms with Crippen molar-refractivity contribution in [2.45, 2.75) is 58.0 Å². The summed E-state index contributed by atoms with van der Waals surface area (Å²) < 4.78 is 2.33. The molecule has 1 heterocycles. The summed E-state index contributed by atoms with van der Waals surface area (Å²) in [4.78, 5) is 4.55. The van der Waals surface area contributed by atoms with Crippen LogP contribution >= 0.6 is 0 Å². The maximum atomic E-state index is 4.55. The molecule has 0 bridgehead atoms. The third kappa shape index (κ3) is 2.46. The Morgan fingerprint density at radius 1 is 1.44 bits per heavy atom. The Kier molecular flexibility index (Phi) is 3.99. The van der Waals surface area contributed by atoms with Crippen LogP contribution < -0.4 is 5.32 Å². The quantitative estimate of drug-likeness (QED) is 0.828. The van der Waals surface area contributed by atoms with Crippen molar-refractivity contribution in [3.05, 3.63) is 18.2 Å². The topological polar surface area (TPSA) is 29.9 Å². The average molecular weight is 221 g/mol. The van der Waals surface area contributed by atoms with Crippen LogP contribution in [0, 0.1) is 0 Å². The molecule has 0 radical (unpaired) electrons. The van der Waals surface area contributed by atoms with E-state index in [1.54, 1.807) is 0 Å². The van der Waals surface area contributed by atoms with E-state index in [0.717, 1.165) is 13.1 Å². The Morgan fingerprint density at radius 2 is 2.31 bits per heavy atom. The van der Waals surface area contributed by atoms with Crippen molar-refractivity contribution in [1.82, 2.24) is 14.9 Å². The highest BCUT2D eigenvalue weighted by Crippen LogP contribution is 2.33. The van der Waals surface area contributed by atoms with Gasteiger partial charge in [-0.25, -0.2) is 4.98 Å². The second kappa shape index (κ2) is 5.48. The van der Waals surface area contributed by atoms with E-state index in [-0.39, 0.29) is 0 Å². The van der Waals surface area contributed by atoms with Gasteiger partial charge in [0.15, 0.2) is 0 Å². The number of hydrogen-bond acceptors (Lipinski definition) is 2. The molecule has 2 rings (SSSR count). The van der Waals surface area contributed by atoms with Crippen molar-refractivity contribution < 1.29 is 0 Å². The molecule has 90 valence electrons. The van der Waals surface area contributed by atoms with Crippen LogP contribution in [0.5, 0.6) is 0 Å². The summed E-state index contributed by atoms with van der Waals surface area (Å²) in [6, 6.07) is 0.710. The highest BCUT2D eigenvalue weighted by Gasteiger charge is 2.27. The minimum atomic E-state index is 0.672. The van der Waals surface area contributed by atoms with E-state index in [4.69, 9.17) is 0 Å². The maximum Gasteiger partial charge on any atom is 0.111 e. The van der Waals surface area contributed by atoms with Crippen LogP contribution in [0.25, 0.3) is 0 Å². The van der Waals surface area contributed by atoms with Gasteiger partial charge in [-0.3, -0.25) is 0 Å². The second-order valence-corrected chi connectivity index (χ2v) is 4.74. The van der Waals surface area contributed by atoms with E-state index in [1.165, 1.54) is 31.5 Å². The van der Waals surface area contributed by atoms with Gasteiger partial charge < -0.3 is 9.88 Å². The molecule has 2 unspecified atom stereocenters. The van der Waals surface area contributed by atoms with Crippen LogP contribution in [-0.4, -0.2) is 22.1 Å². The molecule has 1 N–H and O–H groups in total. The molecular formula is C13H23N3. The molecule has 0 aliphatic heterocycles. The molecule has 1 saturated carbocycles. The molecule has 0 aromatic carbocycles. The molecule has 1 aliphatic carbocycles. The molecule has 1 fully saturated rings. The Morgan fingerprint density at radius 3 is 3.06 bits per heavy atom. The lowest BCUT2D eigenvalue weighted by atomic mass is 10.1. The van der Waals surface area contributed by atoms with Gasteiger partial charge in [-0.2, -0.15) is 0 Å². The Balaban J connectivity index is 1.99. The first-order valence-corrected chi connectivity index (χ1v) is 6.59. The van der Waals surface area contributed by atoms with Gasteiger partial charge in [0.05, 0.1) is 0 Å². The maximum absolute atomic E-state index is 4.55. The van der Waals surface area contributed by atoms with Crippen molar-refractivity contribution >= 4 is 0 Å². The van der Waals surface area contributed by atoms with Crippen LogP contribution in [0.1, 0.15) is 51.3 Å². The standard InChI is InChI=1S/C13H23N3/c1-3-8-16-9-7-15-13(16)11-5-6-12(10-11)14-4-2/h7,9,11-12,14H,3-6,8,10H2,1-2H3. The van der Waals surface area contributed by atoms with Gasteiger partial charge in [0.2, 0.25) is 0 Å². The van der Waals surface area contributed by atoms with Crippen LogP contribution in [0.3, 0.4) is 0 Å². The van der Waals surface area contributed by atoms with Gasteiger partial charge in [0.1, 0.15) is 5.82 Å². The summed E-state index contributed by atoms with van der Waals surface area (Å²) in [7, 11) is 0. The molecular weight excluding hydrogens is 198 g/mol. The number of nitrogens with one attached hydrogen (secondary N) is 1. The molecule has 3 heteroatoms. The van der Waals surface area contributed by atoms with Gasteiger partial charge in [-0.1, -0.05) is 13.8 Å². The number of hydrogen-bond donors (Lipinski definition) is 1. The predicted molar refractivity (Wildman–Crippen MR) is 66.6 cm³/mol. The number of imidazole rings is 1. The number of aromatic nitrogens is 2. The zero-order chi connectivity index (χ0) is 11.4. The minimum absolute atomic E-state index is 0.672. The lowest BCUT2D eigenvalue weighted by molar-refractivity contribution is 0.520. The van der Waals surface area contributed by atoms with Gasteiger partial charge in [0.25, 0.3) is 0 Å². The van der Waals surface area contributed by atoms with E-state index < -0.39 is 0 Å². The zero-order valence-corrected chi connectivity index (χ0v) is 10.4. The first kappa shape index (κ1) is 11.6. The minimum Gasteiger partial charge on any atom is -0.335 e. The molecule has 0 amide bonds. The normalized spacial score (nSPS) is 25.1. The summed E-state index contributed by atoms with van der Waals surface area (Å²) in [5.41, 5.74) is 0. The lowest BCUT2D eigenvalue weighted by Gasteiger charge is -2.13. The summed E-state index contributed by atoms with van der Waals surface area (Å²) in [5, 5.41) is 3.55. The largest absolute Gasteiger partial charge is 0.335 e. The summed E-state index contributed by atoms with van der Waals surface area (Å²) in [5.74, 6) is 1.98. The van der Waals surface area contributed by atoms with Gasteiger partial charge in [-0.05, 0) is 32.2 Å². The molecule has 16 heavy (non-hydrogen) atoms. The molecule has 0 spiro atoms. The third-order valence-corrected chi connectivity index (χ3v) is 3.50. The van der Waals surface area contributed by atoms with Crippen molar-refractivity contribution in [1.29, 1.82) is 0 Å². The van der Waals surface area contributed by atoms with E-state index in [9.17, 15) is 0 Å². The van der Waals surface area contributed by atoms with Crippen molar-refractivity contribution in [3.8, 4) is 0 Å². The first-order valence-electron chi connectivity index (χ1n) is 6.59. The lowest BCUT2D eigenvalue weighted by Crippen LogP contribution is -2.25. The van der Waals surface area contributed by atoms with Crippen LogP contribution in [-0.2, 0) is 6.54 Å². The Bertz CT molecular complexity index is 319. The SMILES string of the molecule is CCCn1ccnc1C1CCC(NCC)C1. The van der Waals surface area contributed by atoms with E-state index in [2.05, 4.69) is 34.9 Å². The second-order valence-electron chi connectivity index (χ2n) is 4.74. The van der Waals surface area contributed by atoms with Gasteiger partial charge in [0, 0.05) is 30.9 Å². The summed E-state index contributed by atoms with van der Waals surface area (Å²) >= 11 is 0. The fourth-order valence-electron chi connectivity index (χ4n) is 2.80. The number of aryl methyl sites for hydroxylation is 1. The number of rotatable bonds is 5. The fraction of sp³-hybridized carbons (Fsp3) is 0.769. The molecule has 1 aromatic rings. The van der Waals surface area contributed by atoms with E-state index in [0.29, 0.717) is 12.0 Å². The molecule has 1 aliphatic rings. The summed E-state index contributed by atoms with van der Waals surface area (Å²) in [6.07, 6.45) is 9.11. The van der Waals surface area contributed by atoms with Crippen molar-refractivity contribution in [3.63, 3.8) is 0 Å². The third-order valence-electron chi connectivity index (χ3n) is 3.50. The molecule has 3 nitrogen and oxygen atoms in total. The summed E-state index contributed by atoms with van der Waals surface area (Å²) in [6.45, 7) is 6.60. The van der Waals surface area contributed by atoms with Crippen molar-refractivity contribution in [2.75, 3.05) is 6.54 Å². The van der Waals surface area contributed by atoms with Crippen LogP contribution in [0.4, 0.5) is 0 Å². The first-order chi connectivity index (χ1) is 7.85. The van der Waals surface area contributed by atoms with Gasteiger partial charge in [-0.15, -0.1) is 0 Å². The van der Waals surface area contributed by atoms with Crippen LogP contribution in [0.15, 0.2) is 12.4 Å². The highest BCUT2D eigenvalue weighted by molar-refractivity contribution is 5.05. The smallest absolute Gasteiger partial charge is 0.111 e. The predicted octanol–water partition coefficient (Wildman–Crippen LogP) is 2.54. The molecule has 2 atom stereocenters. The fourth-order valence-corrected chi connectivity index (χ4v) is 2.80. The monoisotopic (exact) mass is 221 g/mol. The van der Waals surface area contributed by atoms with Crippen LogP contribution in [0.2, 0.25) is 0 Å². The molecule has 1 aromatic heterocycles. The Labute approximate surface area is 98.3 Å². The van der Waals surface area contributed by atoms with E-state index in [1.807, 2.05) is 6.20 Å². The molecule has 0 saturated heterocycles. The van der Waals surface area contributed by atoms with E-state index >= 15 is 0 Å². The Hall–Kier alpha value is -0.830.